The lowest BCUT2D eigenvalue weighted by Crippen LogP contribution is -2.19. The van der Waals surface area contributed by atoms with Crippen LogP contribution in [0.4, 0.5) is 17.3 Å². The molecule has 0 saturated heterocycles. The van der Waals surface area contributed by atoms with Gasteiger partial charge in [-0.25, -0.2) is 13.1 Å². The molecule has 158 valence electrons. The molecule has 0 fully saturated rings. The largest absolute Gasteiger partial charge is 0.492 e. The number of ether oxygens (including phenoxy) is 1. The van der Waals surface area contributed by atoms with Crippen molar-refractivity contribution in [3.05, 3.63) is 59.8 Å². The zero-order valence-electron chi connectivity index (χ0n) is 16.7. The van der Waals surface area contributed by atoms with Crippen LogP contribution in [-0.2, 0) is 10.0 Å². The number of para-hydroxylation sites is 2. The standard InChI is InChI=1S/C20H22N4O4S2/c1-4-27-18-8-6-5-7-17(18)22-20(29)21-15-9-11-16(12-10-15)30(25,26)24-19-13(2)14(3)23-28-19/h5-12,24H,4H2,1-3H3,(H2,21,22,29). The summed E-state index contributed by atoms with van der Waals surface area (Å²) in [4.78, 5) is 0.0853. The van der Waals surface area contributed by atoms with Crippen molar-refractivity contribution in [2.24, 2.45) is 0 Å². The molecule has 0 aliphatic carbocycles. The molecule has 3 rings (SSSR count). The summed E-state index contributed by atoms with van der Waals surface area (Å²) < 4.78 is 38.1. The van der Waals surface area contributed by atoms with Gasteiger partial charge in [0.15, 0.2) is 5.11 Å². The lowest BCUT2D eigenvalue weighted by atomic mass is 10.3. The predicted molar refractivity (Wildman–Crippen MR) is 121 cm³/mol. The highest BCUT2D eigenvalue weighted by atomic mass is 32.2. The summed E-state index contributed by atoms with van der Waals surface area (Å²) in [5.74, 6) is 0.794. The molecule has 3 aromatic rings. The third-order valence-electron chi connectivity index (χ3n) is 4.24. The summed E-state index contributed by atoms with van der Waals surface area (Å²) >= 11 is 5.34. The lowest BCUT2D eigenvalue weighted by molar-refractivity contribution is 0.342. The van der Waals surface area contributed by atoms with Crippen LogP contribution in [0, 0.1) is 13.8 Å². The zero-order chi connectivity index (χ0) is 21.7. The van der Waals surface area contributed by atoms with E-state index in [1.54, 1.807) is 26.0 Å². The highest BCUT2D eigenvalue weighted by molar-refractivity contribution is 7.92. The van der Waals surface area contributed by atoms with E-state index in [1.165, 1.54) is 12.1 Å². The Hall–Kier alpha value is -3.11. The van der Waals surface area contributed by atoms with Crippen molar-refractivity contribution >= 4 is 44.6 Å². The van der Waals surface area contributed by atoms with Gasteiger partial charge in [-0.1, -0.05) is 17.3 Å². The minimum absolute atomic E-state index is 0.0853. The molecule has 10 heteroatoms. The first-order valence-electron chi connectivity index (χ1n) is 9.15. The molecule has 0 amide bonds. The molecule has 0 saturated carbocycles. The van der Waals surface area contributed by atoms with Crippen LogP contribution in [0.15, 0.2) is 57.9 Å². The second kappa shape index (κ2) is 9.14. The number of hydrogen-bond acceptors (Lipinski definition) is 6. The highest BCUT2D eigenvalue weighted by Gasteiger charge is 2.19. The molecule has 1 heterocycles. The van der Waals surface area contributed by atoms with E-state index in [0.29, 0.717) is 34.4 Å². The molecule has 2 aromatic carbocycles. The molecule has 0 aliphatic rings. The fourth-order valence-corrected chi connectivity index (χ4v) is 3.82. The van der Waals surface area contributed by atoms with E-state index in [-0.39, 0.29) is 10.8 Å². The molecular weight excluding hydrogens is 424 g/mol. The number of nitrogens with zero attached hydrogens (tertiary/aromatic N) is 1. The van der Waals surface area contributed by atoms with Gasteiger partial charge in [-0.3, -0.25) is 0 Å². The van der Waals surface area contributed by atoms with Crippen LogP contribution in [0.5, 0.6) is 5.75 Å². The molecule has 0 unspecified atom stereocenters. The number of benzene rings is 2. The van der Waals surface area contributed by atoms with Gasteiger partial charge in [-0.2, -0.15) is 0 Å². The Balaban J connectivity index is 1.67. The SMILES string of the molecule is CCOc1ccccc1NC(=S)Nc1ccc(S(=O)(=O)Nc2onc(C)c2C)cc1. The second-order valence-electron chi connectivity index (χ2n) is 6.36. The first kappa shape index (κ1) is 21.6. The summed E-state index contributed by atoms with van der Waals surface area (Å²) in [5, 5.41) is 10.2. The van der Waals surface area contributed by atoms with Crippen LogP contribution in [0.3, 0.4) is 0 Å². The number of sulfonamides is 1. The van der Waals surface area contributed by atoms with E-state index in [0.717, 1.165) is 5.69 Å². The number of rotatable bonds is 7. The molecule has 0 radical (unpaired) electrons. The van der Waals surface area contributed by atoms with Crippen LogP contribution in [0.2, 0.25) is 0 Å². The Morgan fingerprint density at radius 3 is 2.43 bits per heavy atom. The average molecular weight is 447 g/mol. The first-order chi connectivity index (χ1) is 14.3. The van der Waals surface area contributed by atoms with Gasteiger partial charge in [0.1, 0.15) is 5.75 Å². The zero-order valence-corrected chi connectivity index (χ0v) is 18.4. The van der Waals surface area contributed by atoms with Gasteiger partial charge in [-0.05, 0) is 69.4 Å². The Bertz CT molecular complexity index is 1140. The predicted octanol–water partition coefficient (Wildman–Crippen LogP) is 4.30. The smallest absolute Gasteiger partial charge is 0.264 e. The number of aromatic nitrogens is 1. The van der Waals surface area contributed by atoms with Crippen LogP contribution < -0.4 is 20.1 Å². The quantitative estimate of drug-likeness (QED) is 0.461. The number of hydrogen-bond donors (Lipinski definition) is 3. The summed E-state index contributed by atoms with van der Waals surface area (Å²) in [6, 6.07) is 13.6. The first-order valence-corrected chi connectivity index (χ1v) is 11.0. The molecular formula is C20H22N4O4S2. The molecule has 1 aromatic heterocycles. The third-order valence-corrected chi connectivity index (χ3v) is 5.79. The third kappa shape index (κ3) is 5.08. The molecule has 3 N–H and O–H groups in total. The number of aryl methyl sites for hydroxylation is 1. The van der Waals surface area contributed by atoms with Gasteiger partial charge >= 0.3 is 0 Å². The maximum absolute atomic E-state index is 12.6. The van der Waals surface area contributed by atoms with Crippen molar-refractivity contribution < 1.29 is 17.7 Å². The Kier molecular flexibility index (Phi) is 6.58. The molecule has 0 atom stereocenters. The normalized spacial score (nSPS) is 11.0. The van der Waals surface area contributed by atoms with Crippen molar-refractivity contribution in [3.8, 4) is 5.75 Å². The second-order valence-corrected chi connectivity index (χ2v) is 8.45. The van der Waals surface area contributed by atoms with E-state index in [2.05, 4.69) is 20.5 Å². The maximum Gasteiger partial charge on any atom is 0.264 e. The van der Waals surface area contributed by atoms with Gasteiger partial charge in [-0.15, -0.1) is 0 Å². The molecule has 30 heavy (non-hydrogen) atoms. The Morgan fingerprint density at radius 2 is 1.80 bits per heavy atom. The van der Waals surface area contributed by atoms with Crippen molar-refractivity contribution in [2.75, 3.05) is 22.0 Å². The highest BCUT2D eigenvalue weighted by Crippen LogP contribution is 2.25. The van der Waals surface area contributed by atoms with E-state index < -0.39 is 10.0 Å². The van der Waals surface area contributed by atoms with Gasteiger partial charge in [0.2, 0.25) is 5.88 Å². The van der Waals surface area contributed by atoms with Gasteiger partial charge in [0, 0.05) is 11.3 Å². The van der Waals surface area contributed by atoms with Crippen molar-refractivity contribution in [2.45, 2.75) is 25.7 Å². The van der Waals surface area contributed by atoms with E-state index >= 15 is 0 Å². The fourth-order valence-electron chi connectivity index (χ4n) is 2.54. The topological polar surface area (TPSA) is 105 Å². The number of nitrogens with one attached hydrogen (secondary N) is 3. The number of anilines is 3. The van der Waals surface area contributed by atoms with Crippen LogP contribution in [0.25, 0.3) is 0 Å². The monoisotopic (exact) mass is 446 g/mol. The minimum atomic E-state index is -3.80. The maximum atomic E-state index is 12.6. The molecule has 0 spiro atoms. The van der Waals surface area contributed by atoms with E-state index in [1.807, 2.05) is 31.2 Å². The molecule has 0 bridgehead atoms. The van der Waals surface area contributed by atoms with Crippen LogP contribution in [-0.4, -0.2) is 25.3 Å². The average Bonchev–Trinajstić information content (AvgIpc) is 3.02. The van der Waals surface area contributed by atoms with Gasteiger partial charge in [0.05, 0.1) is 22.9 Å². The van der Waals surface area contributed by atoms with Crippen LogP contribution >= 0.6 is 12.2 Å². The van der Waals surface area contributed by atoms with Crippen LogP contribution in [0.1, 0.15) is 18.2 Å². The Morgan fingerprint density at radius 1 is 1.10 bits per heavy atom. The van der Waals surface area contributed by atoms with Crippen molar-refractivity contribution in [3.63, 3.8) is 0 Å². The number of thiocarbonyl (C=S) groups is 1. The van der Waals surface area contributed by atoms with Crippen molar-refractivity contribution in [1.82, 2.24) is 5.16 Å². The minimum Gasteiger partial charge on any atom is -0.492 e. The lowest BCUT2D eigenvalue weighted by Gasteiger charge is -2.14. The Labute approximate surface area is 180 Å². The molecule has 0 aliphatic heterocycles. The van der Waals surface area contributed by atoms with Gasteiger partial charge < -0.3 is 19.9 Å². The summed E-state index contributed by atoms with van der Waals surface area (Å²) in [7, 11) is -3.80. The van der Waals surface area contributed by atoms with E-state index in [9.17, 15) is 8.42 Å². The molecule has 8 nitrogen and oxygen atoms in total. The van der Waals surface area contributed by atoms with Gasteiger partial charge in [0.25, 0.3) is 10.0 Å². The summed E-state index contributed by atoms with van der Waals surface area (Å²) in [5.41, 5.74) is 2.63. The van der Waals surface area contributed by atoms with Crippen molar-refractivity contribution in [1.29, 1.82) is 0 Å². The fraction of sp³-hybridized carbons (Fsp3) is 0.200. The van der Waals surface area contributed by atoms with E-state index in [4.69, 9.17) is 21.5 Å². The summed E-state index contributed by atoms with van der Waals surface area (Å²) in [6.07, 6.45) is 0. The summed E-state index contributed by atoms with van der Waals surface area (Å²) in [6.45, 7) is 5.91.